The van der Waals surface area contributed by atoms with Crippen molar-refractivity contribution < 1.29 is 27.8 Å². The number of hydrogen-bond donors (Lipinski definition) is 1. The minimum Gasteiger partial charge on any atom is -0.469 e. The fraction of sp³-hybridized carbons (Fsp3) is 0.300. The summed E-state index contributed by atoms with van der Waals surface area (Å²) in [5, 5.41) is 9.39. The summed E-state index contributed by atoms with van der Waals surface area (Å²) in [6.07, 6.45) is -2.10. The van der Waals surface area contributed by atoms with E-state index < -0.39 is 41.5 Å². The number of ether oxygens (including phenoxy) is 1. The first-order valence-electron chi connectivity index (χ1n) is 4.35. The quantitative estimate of drug-likeness (QED) is 0.639. The van der Waals surface area contributed by atoms with Crippen LogP contribution in [-0.2, 0) is 9.53 Å². The first kappa shape index (κ1) is 12.5. The molecule has 1 atom stereocenters. The molecule has 1 rings (SSSR count). The lowest BCUT2D eigenvalue weighted by Crippen LogP contribution is -2.10. The van der Waals surface area contributed by atoms with E-state index in [1.54, 1.807) is 0 Å². The standard InChI is InChI=1S/C10H9F3O3/c1-16-8(15)4-7(14)5-2-3-6(11)10(13)9(5)12/h2-3,7,14H,4H2,1H3/t7-/m0/s1. The van der Waals surface area contributed by atoms with Gasteiger partial charge in [0.2, 0.25) is 0 Å². The second-order valence-corrected chi connectivity index (χ2v) is 3.06. The highest BCUT2D eigenvalue weighted by molar-refractivity contribution is 5.70. The lowest BCUT2D eigenvalue weighted by molar-refractivity contribution is -0.142. The van der Waals surface area contributed by atoms with Crippen LogP contribution in [-0.4, -0.2) is 18.2 Å². The van der Waals surface area contributed by atoms with Crippen molar-refractivity contribution in [1.29, 1.82) is 0 Å². The third-order valence-electron chi connectivity index (χ3n) is 2.01. The fourth-order valence-electron chi connectivity index (χ4n) is 1.15. The molecule has 0 bridgehead atoms. The summed E-state index contributed by atoms with van der Waals surface area (Å²) < 4.78 is 42.7. The molecule has 0 fully saturated rings. The molecule has 88 valence electrons. The lowest BCUT2D eigenvalue weighted by atomic mass is 10.1. The van der Waals surface area contributed by atoms with Gasteiger partial charge in [-0.1, -0.05) is 6.07 Å². The number of rotatable bonds is 3. The number of hydrogen-bond acceptors (Lipinski definition) is 3. The van der Waals surface area contributed by atoms with E-state index in [0.717, 1.165) is 13.2 Å². The number of aliphatic hydroxyl groups excluding tert-OH is 1. The van der Waals surface area contributed by atoms with Gasteiger partial charge < -0.3 is 9.84 Å². The predicted octanol–water partition coefficient (Wildman–Crippen LogP) is 1.70. The Hall–Kier alpha value is -1.56. The zero-order valence-electron chi connectivity index (χ0n) is 8.34. The Bertz CT molecular complexity index is 407. The van der Waals surface area contributed by atoms with Crippen LogP contribution in [0.2, 0.25) is 0 Å². The Kier molecular flexibility index (Phi) is 3.89. The van der Waals surface area contributed by atoms with Gasteiger partial charge in [0.15, 0.2) is 17.5 Å². The Balaban J connectivity index is 2.96. The molecule has 0 heterocycles. The molecule has 0 aromatic heterocycles. The smallest absolute Gasteiger partial charge is 0.308 e. The summed E-state index contributed by atoms with van der Waals surface area (Å²) in [6, 6.07) is 1.55. The van der Waals surface area contributed by atoms with Crippen LogP contribution in [0.5, 0.6) is 0 Å². The monoisotopic (exact) mass is 234 g/mol. The fourth-order valence-corrected chi connectivity index (χ4v) is 1.15. The molecule has 3 nitrogen and oxygen atoms in total. The van der Waals surface area contributed by atoms with Crippen LogP contribution in [0.4, 0.5) is 13.2 Å². The average Bonchev–Trinajstić information content (AvgIpc) is 2.25. The molecule has 0 aliphatic heterocycles. The van der Waals surface area contributed by atoms with Crippen molar-refractivity contribution >= 4 is 5.97 Å². The first-order valence-corrected chi connectivity index (χ1v) is 4.35. The minimum atomic E-state index is -1.68. The summed E-state index contributed by atoms with van der Waals surface area (Å²) >= 11 is 0. The van der Waals surface area contributed by atoms with Crippen LogP contribution in [0.15, 0.2) is 12.1 Å². The molecule has 1 N–H and O–H groups in total. The summed E-state index contributed by atoms with van der Waals surface area (Å²) in [5.41, 5.74) is -0.482. The molecular formula is C10H9F3O3. The summed E-state index contributed by atoms with van der Waals surface area (Å²) in [7, 11) is 1.09. The van der Waals surface area contributed by atoms with Gasteiger partial charge in [0, 0.05) is 5.56 Å². The van der Waals surface area contributed by atoms with Crippen molar-refractivity contribution in [1.82, 2.24) is 0 Å². The van der Waals surface area contributed by atoms with Gasteiger partial charge in [0.05, 0.1) is 19.6 Å². The molecule has 0 amide bonds. The minimum absolute atomic E-state index is 0.482. The van der Waals surface area contributed by atoms with Crippen LogP contribution in [0.1, 0.15) is 18.1 Å². The number of benzene rings is 1. The van der Waals surface area contributed by atoms with Crippen molar-refractivity contribution in [2.75, 3.05) is 7.11 Å². The highest BCUT2D eigenvalue weighted by Crippen LogP contribution is 2.23. The van der Waals surface area contributed by atoms with Gasteiger partial charge in [-0.25, -0.2) is 13.2 Å². The molecular weight excluding hydrogens is 225 g/mol. The van der Waals surface area contributed by atoms with Gasteiger partial charge >= 0.3 is 5.97 Å². The van der Waals surface area contributed by atoms with Gasteiger partial charge in [0.25, 0.3) is 0 Å². The van der Waals surface area contributed by atoms with Crippen molar-refractivity contribution in [2.45, 2.75) is 12.5 Å². The zero-order valence-corrected chi connectivity index (χ0v) is 8.34. The van der Waals surface area contributed by atoms with Gasteiger partial charge in [-0.15, -0.1) is 0 Å². The van der Waals surface area contributed by atoms with E-state index >= 15 is 0 Å². The third kappa shape index (κ3) is 2.52. The maximum absolute atomic E-state index is 13.1. The molecule has 1 aromatic carbocycles. The highest BCUT2D eigenvalue weighted by atomic mass is 19.2. The first-order chi connectivity index (χ1) is 7.47. The molecule has 0 aliphatic carbocycles. The molecule has 16 heavy (non-hydrogen) atoms. The Labute approximate surface area is 89.5 Å². The van der Waals surface area contributed by atoms with Gasteiger partial charge in [0.1, 0.15) is 0 Å². The number of carbonyl (C=O) groups is 1. The topological polar surface area (TPSA) is 46.5 Å². The van der Waals surface area contributed by atoms with Gasteiger partial charge in [-0.3, -0.25) is 4.79 Å². The molecule has 0 saturated heterocycles. The molecule has 0 radical (unpaired) electrons. The maximum atomic E-state index is 13.1. The molecule has 0 spiro atoms. The van der Waals surface area contributed by atoms with Crippen molar-refractivity contribution in [3.63, 3.8) is 0 Å². The summed E-state index contributed by atoms with van der Waals surface area (Å²) in [5.74, 6) is -5.32. The van der Waals surface area contributed by atoms with E-state index in [-0.39, 0.29) is 0 Å². The number of carbonyl (C=O) groups excluding carboxylic acids is 1. The molecule has 0 unspecified atom stereocenters. The number of methoxy groups -OCH3 is 1. The number of esters is 1. The summed E-state index contributed by atoms with van der Waals surface area (Å²) in [4.78, 5) is 10.8. The Morgan fingerprint density at radius 2 is 2.00 bits per heavy atom. The number of halogens is 3. The second kappa shape index (κ2) is 4.98. The predicted molar refractivity (Wildman–Crippen MR) is 47.9 cm³/mol. The van der Waals surface area contributed by atoms with E-state index in [1.165, 1.54) is 0 Å². The third-order valence-corrected chi connectivity index (χ3v) is 2.01. The van der Waals surface area contributed by atoms with Crippen LogP contribution in [0, 0.1) is 17.5 Å². The Morgan fingerprint density at radius 3 is 2.56 bits per heavy atom. The van der Waals surface area contributed by atoms with E-state index in [2.05, 4.69) is 4.74 Å². The highest BCUT2D eigenvalue weighted by Gasteiger charge is 2.21. The molecule has 0 saturated carbocycles. The molecule has 0 aliphatic rings. The largest absolute Gasteiger partial charge is 0.469 e. The van der Waals surface area contributed by atoms with Crippen LogP contribution < -0.4 is 0 Å². The van der Waals surface area contributed by atoms with Crippen LogP contribution >= 0.6 is 0 Å². The van der Waals surface area contributed by atoms with Crippen molar-refractivity contribution in [3.05, 3.63) is 35.1 Å². The van der Waals surface area contributed by atoms with E-state index in [9.17, 15) is 23.1 Å². The SMILES string of the molecule is COC(=O)C[C@H](O)c1ccc(F)c(F)c1F. The Morgan fingerprint density at radius 1 is 1.38 bits per heavy atom. The van der Waals surface area contributed by atoms with E-state index in [0.29, 0.717) is 6.07 Å². The van der Waals surface area contributed by atoms with E-state index in [4.69, 9.17) is 0 Å². The second-order valence-electron chi connectivity index (χ2n) is 3.06. The molecule has 1 aromatic rings. The maximum Gasteiger partial charge on any atom is 0.308 e. The van der Waals surface area contributed by atoms with Crippen molar-refractivity contribution in [3.8, 4) is 0 Å². The molecule has 6 heteroatoms. The van der Waals surface area contributed by atoms with Gasteiger partial charge in [-0.05, 0) is 6.07 Å². The van der Waals surface area contributed by atoms with Gasteiger partial charge in [-0.2, -0.15) is 0 Å². The zero-order chi connectivity index (χ0) is 12.3. The lowest BCUT2D eigenvalue weighted by Gasteiger charge is -2.11. The van der Waals surface area contributed by atoms with E-state index in [1.807, 2.05) is 0 Å². The van der Waals surface area contributed by atoms with Crippen LogP contribution in [0.25, 0.3) is 0 Å². The summed E-state index contributed by atoms with van der Waals surface area (Å²) in [6.45, 7) is 0. The average molecular weight is 234 g/mol. The normalized spacial score (nSPS) is 12.3. The number of aliphatic hydroxyl groups is 1. The van der Waals surface area contributed by atoms with Crippen molar-refractivity contribution in [2.24, 2.45) is 0 Å². The van der Waals surface area contributed by atoms with Crippen LogP contribution in [0.3, 0.4) is 0 Å².